The minimum Gasteiger partial charge on any atom is -0.497 e. The third kappa shape index (κ3) is 6.38. The van der Waals surface area contributed by atoms with Crippen molar-refractivity contribution >= 4 is 62.7 Å². The first-order chi connectivity index (χ1) is 16.5. The molecular weight excluding hydrogens is 561 g/mol. The highest BCUT2D eigenvalue weighted by molar-refractivity contribution is 14.1. The van der Waals surface area contributed by atoms with Crippen molar-refractivity contribution in [3.05, 3.63) is 88.0 Å². The lowest BCUT2D eigenvalue weighted by molar-refractivity contribution is -0.129. The van der Waals surface area contributed by atoms with Crippen LogP contribution in [0.4, 0.5) is 11.4 Å². The molecule has 4 rings (SSSR count). The van der Waals surface area contributed by atoms with Gasteiger partial charge in [-0.15, -0.1) is 0 Å². The van der Waals surface area contributed by atoms with Gasteiger partial charge in [0.25, 0.3) is 0 Å². The lowest BCUT2D eigenvalue weighted by Gasteiger charge is -2.32. The number of thioether (sulfide) groups is 1. The van der Waals surface area contributed by atoms with Gasteiger partial charge in [-0.2, -0.15) is 0 Å². The molecule has 0 aliphatic carbocycles. The molecule has 1 fully saturated rings. The molecule has 1 unspecified atom stereocenters. The van der Waals surface area contributed by atoms with Gasteiger partial charge in [-0.1, -0.05) is 42.1 Å². The monoisotopic (exact) mass is 585 g/mol. The Labute approximate surface area is 216 Å². The number of aliphatic imine (C=N–C) groups is 1. The quantitative estimate of drug-likeness (QED) is 0.372. The second-order valence-corrected chi connectivity index (χ2v) is 10.1. The Hall–Kier alpha value is -2.85. The molecule has 3 aromatic carbocycles. The average Bonchev–Trinajstić information content (AvgIpc) is 2.86. The molecule has 0 spiro atoms. The number of rotatable bonds is 7. The lowest BCUT2D eigenvalue weighted by Crippen LogP contribution is -2.46. The topological polar surface area (TPSA) is 71.0 Å². The van der Waals surface area contributed by atoms with Gasteiger partial charge in [0, 0.05) is 22.2 Å². The van der Waals surface area contributed by atoms with E-state index in [0.717, 1.165) is 14.9 Å². The number of halogens is 1. The molecule has 8 heteroatoms. The largest absolute Gasteiger partial charge is 0.497 e. The van der Waals surface area contributed by atoms with Gasteiger partial charge in [-0.05, 0) is 83.1 Å². The Bertz CT molecular complexity index is 1170. The fraction of sp³-hybridized carbons (Fsp3) is 0.192. The van der Waals surface area contributed by atoms with Crippen molar-refractivity contribution in [2.75, 3.05) is 19.0 Å². The maximum absolute atomic E-state index is 13.2. The van der Waals surface area contributed by atoms with Gasteiger partial charge < -0.3 is 10.1 Å². The second kappa shape index (κ2) is 11.5. The number of hydrogen-bond donors (Lipinski definition) is 1. The smallest absolute Gasteiger partial charge is 0.238 e. The molecule has 2 amide bonds. The van der Waals surface area contributed by atoms with Crippen LogP contribution in [0.25, 0.3) is 0 Å². The van der Waals surface area contributed by atoms with Crippen LogP contribution in [0, 0.1) is 3.57 Å². The molecule has 3 aromatic rings. The van der Waals surface area contributed by atoms with Gasteiger partial charge in [-0.25, -0.2) is 4.99 Å². The summed E-state index contributed by atoms with van der Waals surface area (Å²) in [7, 11) is 1.61. The van der Waals surface area contributed by atoms with Gasteiger partial charge in [-0.3, -0.25) is 14.5 Å². The van der Waals surface area contributed by atoms with Crippen LogP contribution in [0.1, 0.15) is 12.0 Å². The van der Waals surface area contributed by atoms with E-state index in [0.29, 0.717) is 29.5 Å². The molecule has 1 atom stereocenters. The van der Waals surface area contributed by atoms with Crippen LogP contribution in [0.5, 0.6) is 5.75 Å². The molecule has 34 heavy (non-hydrogen) atoms. The van der Waals surface area contributed by atoms with Gasteiger partial charge in [0.2, 0.25) is 11.8 Å². The Morgan fingerprint density at radius 3 is 2.47 bits per heavy atom. The van der Waals surface area contributed by atoms with Crippen molar-refractivity contribution in [2.24, 2.45) is 4.99 Å². The highest BCUT2D eigenvalue weighted by Gasteiger charge is 2.35. The summed E-state index contributed by atoms with van der Waals surface area (Å²) in [5.74, 6) is 0.418. The standard InChI is InChI=1S/C26H24IN3O3S/c1-33-22-13-11-21(12-14-22)29-26-30(16-15-18-5-3-2-4-6-18)24(31)17-23(34-26)25(32)28-20-9-7-19(27)8-10-20/h2-14,23H,15-17H2,1H3,(H,28,32). The summed E-state index contributed by atoms with van der Waals surface area (Å²) >= 11 is 3.54. The van der Waals surface area contributed by atoms with E-state index in [1.807, 2.05) is 78.9 Å². The molecule has 0 bridgehead atoms. The van der Waals surface area contributed by atoms with E-state index in [2.05, 4.69) is 27.9 Å². The zero-order valence-electron chi connectivity index (χ0n) is 18.6. The Morgan fingerprint density at radius 2 is 1.79 bits per heavy atom. The number of amides is 2. The Balaban J connectivity index is 1.55. The molecule has 1 N–H and O–H groups in total. The van der Waals surface area contributed by atoms with Crippen LogP contribution in [0.15, 0.2) is 83.9 Å². The number of anilines is 1. The van der Waals surface area contributed by atoms with E-state index in [-0.39, 0.29) is 18.2 Å². The first kappa shape index (κ1) is 24.3. The predicted molar refractivity (Wildman–Crippen MR) is 146 cm³/mol. The molecule has 0 radical (unpaired) electrons. The van der Waals surface area contributed by atoms with Gasteiger partial charge in [0.1, 0.15) is 11.0 Å². The van der Waals surface area contributed by atoms with E-state index < -0.39 is 5.25 Å². The number of carbonyl (C=O) groups excluding carboxylic acids is 2. The predicted octanol–water partition coefficient (Wildman–Crippen LogP) is 5.50. The summed E-state index contributed by atoms with van der Waals surface area (Å²) in [6.07, 6.45) is 0.825. The second-order valence-electron chi connectivity index (χ2n) is 7.68. The molecule has 0 saturated carbocycles. The van der Waals surface area contributed by atoms with Crippen molar-refractivity contribution in [1.82, 2.24) is 4.90 Å². The number of benzene rings is 3. The van der Waals surface area contributed by atoms with E-state index in [1.165, 1.54) is 11.8 Å². The summed E-state index contributed by atoms with van der Waals surface area (Å²) in [4.78, 5) is 32.6. The van der Waals surface area contributed by atoms with E-state index in [9.17, 15) is 9.59 Å². The van der Waals surface area contributed by atoms with Crippen molar-refractivity contribution in [3.63, 3.8) is 0 Å². The van der Waals surface area contributed by atoms with Crippen LogP contribution < -0.4 is 10.1 Å². The number of nitrogens with one attached hydrogen (secondary N) is 1. The minimum absolute atomic E-state index is 0.107. The number of methoxy groups -OCH3 is 1. The molecule has 1 heterocycles. The summed E-state index contributed by atoms with van der Waals surface area (Å²) in [6, 6.07) is 24.9. The van der Waals surface area contributed by atoms with E-state index >= 15 is 0 Å². The van der Waals surface area contributed by atoms with Crippen molar-refractivity contribution < 1.29 is 14.3 Å². The van der Waals surface area contributed by atoms with Crippen LogP contribution in [-0.4, -0.2) is 40.8 Å². The van der Waals surface area contributed by atoms with E-state index in [4.69, 9.17) is 9.73 Å². The first-order valence-corrected chi connectivity index (χ1v) is 12.8. The third-order valence-electron chi connectivity index (χ3n) is 5.31. The normalized spacial score (nSPS) is 17.0. The number of ether oxygens (including phenoxy) is 1. The highest BCUT2D eigenvalue weighted by atomic mass is 127. The number of carbonyl (C=O) groups is 2. The SMILES string of the molecule is COc1ccc(N=C2SC(C(=O)Nc3ccc(I)cc3)CC(=O)N2CCc2ccccc2)cc1. The Kier molecular flexibility index (Phi) is 8.23. The van der Waals surface area contributed by atoms with Gasteiger partial charge >= 0.3 is 0 Å². The summed E-state index contributed by atoms with van der Waals surface area (Å²) in [6.45, 7) is 0.496. The number of hydrogen-bond acceptors (Lipinski definition) is 5. The fourth-order valence-corrected chi connectivity index (χ4v) is 4.95. The van der Waals surface area contributed by atoms with Crippen LogP contribution in [0.2, 0.25) is 0 Å². The third-order valence-corrected chi connectivity index (χ3v) is 7.21. The first-order valence-electron chi connectivity index (χ1n) is 10.8. The molecule has 174 valence electrons. The number of nitrogens with zero attached hydrogens (tertiary/aromatic N) is 2. The maximum atomic E-state index is 13.2. The summed E-state index contributed by atoms with van der Waals surface area (Å²) in [5, 5.41) is 2.90. The van der Waals surface area contributed by atoms with Crippen molar-refractivity contribution in [1.29, 1.82) is 0 Å². The van der Waals surface area contributed by atoms with Gasteiger partial charge in [0.05, 0.1) is 12.8 Å². The summed E-state index contributed by atoms with van der Waals surface area (Å²) in [5.41, 5.74) is 2.54. The molecule has 6 nitrogen and oxygen atoms in total. The molecule has 1 aliphatic heterocycles. The molecule has 1 saturated heterocycles. The molecule has 0 aromatic heterocycles. The fourth-order valence-electron chi connectivity index (χ4n) is 3.47. The van der Waals surface area contributed by atoms with Crippen LogP contribution in [0.3, 0.4) is 0 Å². The van der Waals surface area contributed by atoms with Gasteiger partial charge in [0.15, 0.2) is 5.17 Å². The lowest BCUT2D eigenvalue weighted by atomic mass is 10.1. The Morgan fingerprint density at radius 1 is 1.09 bits per heavy atom. The van der Waals surface area contributed by atoms with Crippen molar-refractivity contribution in [3.8, 4) is 5.75 Å². The zero-order valence-corrected chi connectivity index (χ0v) is 21.6. The summed E-state index contributed by atoms with van der Waals surface area (Å²) < 4.78 is 6.31. The molecule has 1 aliphatic rings. The minimum atomic E-state index is -0.559. The zero-order chi connectivity index (χ0) is 23.9. The maximum Gasteiger partial charge on any atom is 0.238 e. The average molecular weight is 585 g/mol. The van der Waals surface area contributed by atoms with E-state index in [1.54, 1.807) is 12.0 Å². The number of amidine groups is 1. The molecular formula is C26H24IN3O3S. The highest BCUT2D eigenvalue weighted by Crippen LogP contribution is 2.30. The van der Waals surface area contributed by atoms with Crippen molar-refractivity contribution in [2.45, 2.75) is 18.1 Å². The van der Waals surface area contributed by atoms with Crippen LogP contribution in [-0.2, 0) is 16.0 Å². The van der Waals surface area contributed by atoms with Crippen LogP contribution >= 0.6 is 34.4 Å².